The summed E-state index contributed by atoms with van der Waals surface area (Å²) in [4.78, 5) is 12.2. The van der Waals surface area contributed by atoms with Gasteiger partial charge in [-0.15, -0.1) is 12.4 Å². The van der Waals surface area contributed by atoms with Crippen molar-refractivity contribution < 1.29 is 4.79 Å². The fourth-order valence-corrected chi connectivity index (χ4v) is 2.92. The Labute approximate surface area is 139 Å². The number of amides is 1. The summed E-state index contributed by atoms with van der Waals surface area (Å²) in [6, 6.07) is 0.324. The van der Waals surface area contributed by atoms with Gasteiger partial charge in [-0.05, 0) is 45.7 Å². The zero-order chi connectivity index (χ0) is 15.4. The van der Waals surface area contributed by atoms with Crippen molar-refractivity contribution >= 4 is 18.3 Å². The van der Waals surface area contributed by atoms with Crippen LogP contribution in [0.15, 0.2) is 0 Å². The van der Waals surface area contributed by atoms with Crippen LogP contribution in [0, 0.1) is 19.8 Å². The van der Waals surface area contributed by atoms with Crippen molar-refractivity contribution in [2.45, 2.75) is 59.5 Å². The van der Waals surface area contributed by atoms with Crippen LogP contribution in [-0.2, 0) is 17.8 Å². The van der Waals surface area contributed by atoms with Crippen molar-refractivity contribution in [1.82, 2.24) is 20.4 Å². The first-order valence-electron chi connectivity index (χ1n) is 8.00. The third-order valence-electron chi connectivity index (χ3n) is 4.11. The van der Waals surface area contributed by atoms with Crippen LogP contribution >= 0.6 is 12.4 Å². The minimum atomic E-state index is 0. The standard InChI is InChI=1S/C16H28N4O.ClH/c1-11(2)10-20-13(4)15(12(3)19-20)9-16(21)18-14-5-7-17-8-6-14;/h11,14,17H,5-10H2,1-4H3,(H,18,21);1H. The molecular formula is C16H29ClN4O. The number of hydrogen-bond acceptors (Lipinski definition) is 3. The zero-order valence-electron chi connectivity index (χ0n) is 14.1. The Balaban J connectivity index is 0.00000242. The van der Waals surface area contributed by atoms with Crippen molar-refractivity contribution in [3.8, 4) is 0 Å². The normalized spacial score (nSPS) is 15.7. The van der Waals surface area contributed by atoms with Gasteiger partial charge in [0, 0.05) is 23.8 Å². The Morgan fingerprint density at radius 2 is 2.00 bits per heavy atom. The number of nitrogens with one attached hydrogen (secondary N) is 2. The molecule has 1 amide bonds. The van der Waals surface area contributed by atoms with Crippen LogP contribution < -0.4 is 10.6 Å². The number of carbonyl (C=O) groups is 1. The van der Waals surface area contributed by atoms with Crippen LogP contribution in [0.25, 0.3) is 0 Å². The minimum absolute atomic E-state index is 0. The lowest BCUT2D eigenvalue weighted by Gasteiger charge is -2.23. The van der Waals surface area contributed by atoms with Gasteiger partial charge < -0.3 is 10.6 Å². The second kappa shape index (κ2) is 8.53. The van der Waals surface area contributed by atoms with E-state index in [0.29, 0.717) is 18.4 Å². The summed E-state index contributed by atoms with van der Waals surface area (Å²) >= 11 is 0. The zero-order valence-corrected chi connectivity index (χ0v) is 14.9. The van der Waals surface area contributed by atoms with Crippen LogP contribution in [0.3, 0.4) is 0 Å². The molecule has 126 valence electrons. The summed E-state index contributed by atoms with van der Waals surface area (Å²) in [7, 11) is 0. The summed E-state index contributed by atoms with van der Waals surface area (Å²) < 4.78 is 2.03. The third kappa shape index (κ3) is 4.99. The van der Waals surface area contributed by atoms with Crippen LogP contribution in [0.5, 0.6) is 0 Å². The molecule has 6 heteroatoms. The quantitative estimate of drug-likeness (QED) is 0.869. The summed E-state index contributed by atoms with van der Waals surface area (Å²) in [5.74, 6) is 0.677. The van der Waals surface area contributed by atoms with E-state index in [4.69, 9.17) is 0 Å². The highest BCUT2D eigenvalue weighted by atomic mass is 35.5. The van der Waals surface area contributed by atoms with E-state index in [2.05, 4.69) is 36.5 Å². The Morgan fingerprint density at radius 1 is 1.36 bits per heavy atom. The van der Waals surface area contributed by atoms with Gasteiger partial charge in [-0.2, -0.15) is 5.10 Å². The van der Waals surface area contributed by atoms with Gasteiger partial charge in [0.2, 0.25) is 5.91 Å². The molecule has 0 bridgehead atoms. The van der Waals surface area contributed by atoms with Crippen LogP contribution in [0.1, 0.15) is 43.6 Å². The molecule has 0 spiro atoms. The second-order valence-electron chi connectivity index (χ2n) is 6.49. The maximum Gasteiger partial charge on any atom is 0.224 e. The summed E-state index contributed by atoms with van der Waals surface area (Å²) in [6.07, 6.45) is 2.49. The predicted octanol–water partition coefficient (Wildman–Crippen LogP) is 1.99. The number of nitrogens with zero attached hydrogens (tertiary/aromatic N) is 2. The molecule has 1 aromatic rings. The van der Waals surface area contributed by atoms with E-state index >= 15 is 0 Å². The molecule has 0 atom stereocenters. The molecule has 2 heterocycles. The molecule has 1 aliphatic rings. The van der Waals surface area contributed by atoms with Crippen molar-refractivity contribution in [3.63, 3.8) is 0 Å². The number of carbonyl (C=O) groups excluding carboxylic acids is 1. The highest BCUT2D eigenvalue weighted by Crippen LogP contribution is 2.15. The summed E-state index contributed by atoms with van der Waals surface area (Å²) in [6.45, 7) is 11.3. The largest absolute Gasteiger partial charge is 0.353 e. The van der Waals surface area contributed by atoms with Crippen LogP contribution in [0.4, 0.5) is 0 Å². The number of aryl methyl sites for hydroxylation is 1. The van der Waals surface area contributed by atoms with Crippen LogP contribution in [0.2, 0.25) is 0 Å². The maximum absolute atomic E-state index is 12.2. The molecule has 1 fully saturated rings. The Bertz CT molecular complexity index is 493. The number of hydrogen-bond donors (Lipinski definition) is 2. The van der Waals surface area contributed by atoms with E-state index in [1.54, 1.807) is 0 Å². The lowest BCUT2D eigenvalue weighted by atomic mass is 10.1. The average Bonchev–Trinajstić information content (AvgIpc) is 2.67. The minimum Gasteiger partial charge on any atom is -0.353 e. The molecule has 22 heavy (non-hydrogen) atoms. The van der Waals surface area contributed by atoms with Gasteiger partial charge in [-0.1, -0.05) is 13.8 Å². The number of piperidine rings is 1. The molecule has 1 saturated heterocycles. The van der Waals surface area contributed by atoms with E-state index in [-0.39, 0.29) is 18.3 Å². The highest BCUT2D eigenvalue weighted by Gasteiger charge is 2.19. The summed E-state index contributed by atoms with van der Waals surface area (Å²) in [5.41, 5.74) is 3.19. The number of aromatic nitrogens is 2. The second-order valence-corrected chi connectivity index (χ2v) is 6.49. The molecule has 1 aliphatic heterocycles. The first kappa shape index (κ1) is 19.0. The molecule has 0 radical (unpaired) electrons. The lowest BCUT2D eigenvalue weighted by molar-refractivity contribution is -0.121. The third-order valence-corrected chi connectivity index (χ3v) is 4.11. The topological polar surface area (TPSA) is 59.0 Å². The van der Waals surface area contributed by atoms with Crippen molar-refractivity contribution in [3.05, 3.63) is 17.0 Å². The lowest BCUT2D eigenvalue weighted by Crippen LogP contribution is -2.43. The van der Waals surface area contributed by atoms with Gasteiger partial charge in [-0.3, -0.25) is 9.48 Å². The fraction of sp³-hybridized carbons (Fsp3) is 0.750. The van der Waals surface area contributed by atoms with Crippen LogP contribution in [-0.4, -0.2) is 34.8 Å². The first-order valence-corrected chi connectivity index (χ1v) is 8.00. The molecule has 1 aromatic heterocycles. The van der Waals surface area contributed by atoms with E-state index in [0.717, 1.165) is 49.4 Å². The van der Waals surface area contributed by atoms with E-state index in [1.165, 1.54) is 0 Å². The first-order chi connectivity index (χ1) is 9.97. The number of rotatable bonds is 5. The molecule has 5 nitrogen and oxygen atoms in total. The Morgan fingerprint density at radius 3 is 2.59 bits per heavy atom. The monoisotopic (exact) mass is 328 g/mol. The molecule has 2 N–H and O–H groups in total. The highest BCUT2D eigenvalue weighted by molar-refractivity contribution is 5.85. The van der Waals surface area contributed by atoms with E-state index in [1.807, 2.05) is 11.6 Å². The molecule has 2 rings (SSSR count). The van der Waals surface area contributed by atoms with Gasteiger partial charge in [0.25, 0.3) is 0 Å². The summed E-state index contributed by atoms with van der Waals surface area (Å²) in [5, 5.41) is 11.0. The number of halogens is 1. The fourth-order valence-electron chi connectivity index (χ4n) is 2.92. The Hall–Kier alpha value is -1.07. The molecule has 0 unspecified atom stereocenters. The van der Waals surface area contributed by atoms with Gasteiger partial charge >= 0.3 is 0 Å². The van der Waals surface area contributed by atoms with Gasteiger partial charge in [-0.25, -0.2) is 0 Å². The van der Waals surface area contributed by atoms with E-state index < -0.39 is 0 Å². The molecular weight excluding hydrogens is 300 g/mol. The molecule has 0 aromatic carbocycles. The predicted molar refractivity (Wildman–Crippen MR) is 91.5 cm³/mol. The van der Waals surface area contributed by atoms with Gasteiger partial charge in [0.15, 0.2) is 0 Å². The molecule has 0 aliphatic carbocycles. The van der Waals surface area contributed by atoms with Gasteiger partial charge in [0.05, 0.1) is 12.1 Å². The van der Waals surface area contributed by atoms with E-state index in [9.17, 15) is 4.79 Å². The molecule has 0 saturated carbocycles. The van der Waals surface area contributed by atoms with Gasteiger partial charge in [0.1, 0.15) is 0 Å². The Kier molecular flexibility index (Phi) is 7.36. The maximum atomic E-state index is 12.2. The smallest absolute Gasteiger partial charge is 0.224 e. The van der Waals surface area contributed by atoms with Crippen molar-refractivity contribution in [1.29, 1.82) is 0 Å². The van der Waals surface area contributed by atoms with Crippen molar-refractivity contribution in [2.75, 3.05) is 13.1 Å². The SMILES string of the molecule is Cc1nn(CC(C)C)c(C)c1CC(=O)NC1CCNCC1.Cl. The van der Waals surface area contributed by atoms with Crippen molar-refractivity contribution in [2.24, 2.45) is 5.92 Å². The average molecular weight is 329 g/mol.